The molecule has 2 fully saturated rings. The second-order valence-electron chi connectivity index (χ2n) is 10.2. The van der Waals surface area contributed by atoms with E-state index < -0.39 is 23.7 Å². The van der Waals surface area contributed by atoms with Crippen molar-refractivity contribution in [2.75, 3.05) is 13.1 Å². The van der Waals surface area contributed by atoms with E-state index >= 15 is 0 Å². The number of hydrogen-bond acceptors (Lipinski definition) is 5. The maximum absolute atomic E-state index is 13.8. The molecule has 0 radical (unpaired) electrons. The molecule has 0 bridgehead atoms. The molecule has 4 rings (SSSR count). The smallest absolute Gasteiger partial charge is 0.408 e. The highest BCUT2D eigenvalue weighted by atomic mass is 19.3. The molecular weight excluding hydrogens is 446 g/mol. The van der Waals surface area contributed by atoms with E-state index in [-0.39, 0.29) is 37.6 Å². The van der Waals surface area contributed by atoms with E-state index in [4.69, 9.17) is 4.74 Å². The van der Waals surface area contributed by atoms with E-state index in [1.54, 1.807) is 42.6 Å². The van der Waals surface area contributed by atoms with Crippen molar-refractivity contribution < 1.29 is 23.1 Å². The Morgan fingerprint density at radius 2 is 2.09 bits per heavy atom. The summed E-state index contributed by atoms with van der Waals surface area (Å²) >= 11 is 0. The Morgan fingerprint density at radius 3 is 2.76 bits per heavy atom. The SMILES string of the molecule is CC(C)(C)OC(=O)N[C@H](c1cn2ncc(CN3CCCNC3=O)cc2n1)C1CCC(F)(F)CC1. The quantitative estimate of drug-likeness (QED) is 0.676. The minimum absolute atomic E-state index is 0.106. The van der Waals surface area contributed by atoms with Gasteiger partial charge in [-0.25, -0.2) is 27.9 Å². The number of rotatable bonds is 5. The first-order valence-electron chi connectivity index (χ1n) is 11.7. The summed E-state index contributed by atoms with van der Waals surface area (Å²) in [5, 5.41) is 10.1. The molecule has 1 atom stereocenters. The number of halogens is 2. The van der Waals surface area contributed by atoms with Crippen molar-refractivity contribution in [2.45, 2.75) is 77.0 Å². The Morgan fingerprint density at radius 1 is 1.35 bits per heavy atom. The van der Waals surface area contributed by atoms with Gasteiger partial charge >= 0.3 is 12.1 Å². The van der Waals surface area contributed by atoms with Crippen LogP contribution in [-0.2, 0) is 11.3 Å². The van der Waals surface area contributed by atoms with Crippen LogP contribution in [-0.4, -0.2) is 56.2 Å². The molecule has 3 heterocycles. The lowest BCUT2D eigenvalue weighted by atomic mass is 9.81. The summed E-state index contributed by atoms with van der Waals surface area (Å²) in [7, 11) is 0. The van der Waals surface area contributed by atoms with Crippen molar-refractivity contribution >= 4 is 17.8 Å². The molecule has 3 amide bonds. The molecule has 2 aromatic heterocycles. The Bertz CT molecular complexity index is 1040. The minimum atomic E-state index is -2.68. The maximum atomic E-state index is 13.8. The number of amides is 3. The van der Waals surface area contributed by atoms with Crippen molar-refractivity contribution in [2.24, 2.45) is 5.92 Å². The Labute approximate surface area is 197 Å². The van der Waals surface area contributed by atoms with Crippen LogP contribution in [0.25, 0.3) is 5.65 Å². The summed E-state index contributed by atoms with van der Waals surface area (Å²) in [6.07, 6.45) is 3.74. The fourth-order valence-electron chi connectivity index (χ4n) is 4.48. The van der Waals surface area contributed by atoms with Crippen LogP contribution in [0.2, 0.25) is 0 Å². The van der Waals surface area contributed by atoms with Crippen LogP contribution in [0.4, 0.5) is 18.4 Å². The molecule has 9 nitrogen and oxygen atoms in total. The number of nitrogens with one attached hydrogen (secondary N) is 2. The average Bonchev–Trinajstić information content (AvgIpc) is 3.16. The van der Waals surface area contributed by atoms with Gasteiger partial charge in [0.05, 0.1) is 24.1 Å². The number of urea groups is 1. The van der Waals surface area contributed by atoms with Crippen molar-refractivity contribution in [3.05, 3.63) is 29.7 Å². The first-order valence-corrected chi connectivity index (χ1v) is 11.7. The monoisotopic (exact) mass is 478 g/mol. The lowest BCUT2D eigenvalue weighted by Crippen LogP contribution is -2.45. The molecule has 34 heavy (non-hydrogen) atoms. The number of alkyl halides is 2. The highest BCUT2D eigenvalue weighted by molar-refractivity contribution is 5.74. The van der Waals surface area contributed by atoms with Gasteiger partial charge in [0.15, 0.2) is 5.65 Å². The minimum Gasteiger partial charge on any atom is -0.444 e. The van der Waals surface area contributed by atoms with Gasteiger partial charge in [-0.3, -0.25) is 0 Å². The van der Waals surface area contributed by atoms with Gasteiger partial charge in [-0.2, -0.15) is 5.10 Å². The fourth-order valence-corrected chi connectivity index (χ4v) is 4.48. The molecule has 2 N–H and O–H groups in total. The summed E-state index contributed by atoms with van der Waals surface area (Å²) in [6.45, 7) is 7.06. The maximum Gasteiger partial charge on any atom is 0.408 e. The first kappa shape index (κ1) is 24.2. The molecule has 1 aliphatic heterocycles. The number of ether oxygens (including phenoxy) is 1. The van der Waals surface area contributed by atoms with E-state index in [9.17, 15) is 18.4 Å². The third-order valence-corrected chi connectivity index (χ3v) is 6.16. The van der Waals surface area contributed by atoms with Gasteiger partial charge in [0.25, 0.3) is 0 Å². The largest absolute Gasteiger partial charge is 0.444 e. The van der Waals surface area contributed by atoms with E-state index in [2.05, 4.69) is 20.7 Å². The summed E-state index contributed by atoms with van der Waals surface area (Å²) < 4.78 is 34.6. The van der Waals surface area contributed by atoms with Crippen molar-refractivity contribution in [1.29, 1.82) is 0 Å². The van der Waals surface area contributed by atoms with Gasteiger partial charge in [0.2, 0.25) is 5.92 Å². The van der Waals surface area contributed by atoms with Crippen LogP contribution in [0.3, 0.4) is 0 Å². The number of alkyl carbamates (subject to hydrolysis) is 1. The van der Waals surface area contributed by atoms with Gasteiger partial charge in [-0.1, -0.05) is 0 Å². The molecule has 1 saturated carbocycles. The van der Waals surface area contributed by atoms with Crippen LogP contribution in [0.15, 0.2) is 18.5 Å². The Kier molecular flexibility index (Phi) is 6.64. The standard InChI is InChI=1S/C23H32F2N6O3/c1-22(2,3)34-21(33)29-19(16-5-7-23(24,25)8-6-16)17-14-31-18(28-17)11-15(12-27-31)13-30-10-4-9-26-20(30)32/h11-12,14,16,19H,4-10,13H2,1-3H3,(H,26,32)(H,29,33)/t19-/m0/s1. The number of nitrogens with zero attached hydrogens (tertiary/aromatic N) is 4. The van der Waals surface area contributed by atoms with E-state index in [0.717, 1.165) is 12.0 Å². The highest BCUT2D eigenvalue weighted by Gasteiger charge is 2.39. The topological polar surface area (TPSA) is 101 Å². The summed E-state index contributed by atoms with van der Waals surface area (Å²) in [6, 6.07) is 1.16. The van der Waals surface area contributed by atoms with Crippen molar-refractivity contribution in [3.63, 3.8) is 0 Å². The molecule has 1 saturated heterocycles. The highest BCUT2D eigenvalue weighted by Crippen LogP contribution is 2.41. The molecule has 0 spiro atoms. The number of aromatic nitrogens is 3. The average molecular weight is 479 g/mol. The third kappa shape index (κ3) is 5.92. The number of imidazole rings is 1. The third-order valence-electron chi connectivity index (χ3n) is 6.16. The summed E-state index contributed by atoms with van der Waals surface area (Å²) in [5.41, 5.74) is 1.24. The molecule has 0 unspecified atom stereocenters. The lowest BCUT2D eigenvalue weighted by Gasteiger charge is -2.33. The predicted molar refractivity (Wildman–Crippen MR) is 120 cm³/mol. The first-order chi connectivity index (χ1) is 16.0. The van der Waals surface area contributed by atoms with Gasteiger partial charge in [-0.15, -0.1) is 0 Å². The van der Waals surface area contributed by atoms with Gasteiger partial charge in [-0.05, 0) is 57.6 Å². The lowest BCUT2D eigenvalue weighted by molar-refractivity contribution is -0.0500. The number of carbonyl (C=O) groups is 2. The molecule has 2 aliphatic rings. The molecule has 0 aromatic carbocycles. The number of fused-ring (bicyclic) bond motifs is 1. The summed E-state index contributed by atoms with van der Waals surface area (Å²) in [5.74, 6) is -2.88. The predicted octanol–water partition coefficient (Wildman–Crippen LogP) is 4.04. The molecule has 186 valence electrons. The second kappa shape index (κ2) is 9.34. The zero-order valence-corrected chi connectivity index (χ0v) is 19.8. The van der Waals surface area contributed by atoms with Crippen LogP contribution in [0.5, 0.6) is 0 Å². The fraction of sp³-hybridized carbons (Fsp3) is 0.652. The van der Waals surface area contributed by atoms with Crippen molar-refractivity contribution in [3.8, 4) is 0 Å². The van der Waals surface area contributed by atoms with Crippen LogP contribution in [0, 0.1) is 5.92 Å². The summed E-state index contributed by atoms with van der Waals surface area (Å²) in [4.78, 5) is 31.0. The number of carbonyl (C=O) groups excluding carboxylic acids is 2. The zero-order valence-electron chi connectivity index (χ0n) is 19.8. The van der Waals surface area contributed by atoms with E-state index in [1.807, 2.05) is 6.07 Å². The Hall–Kier alpha value is -2.98. The van der Waals surface area contributed by atoms with E-state index in [1.165, 1.54) is 0 Å². The zero-order chi connectivity index (χ0) is 24.5. The van der Waals surface area contributed by atoms with Crippen LogP contribution >= 0.6 is 0 Å². The Balaban J connectivity index is 1.56. The van der Waals surface area contributed by atoms with Crippen molar-refractivity contribution in [1.82, 2.24) is 30.1 Å². The molecule has 11 heteroatoms. The second-order valence-corrected chi connectivity index (χ2v) is 10.2. The molecular formula is C23H32F2N6O3. The van der Waals surface area contributed by atoms with Gasteiger partial charge in [0.1, 0.15) is 5.60 Å². The number of hydrogen-bond donors (Lipinski definition) is 2. The van der Waals surface area contributed by atoms with Gasteiger partial charge < -0.3 is 20.3 Å². The van der Waals surface area contributed by atoms with Crippen LogP contribution < -0.4 is 10.6 Å². The van der Waals surface area contributed by atoms with E-state index in [0.29, 0.717) is 31.0 Å². The van der Waals surface area contributed by atoms with Gasteiger partial charge in [0, 0.05) is 32.5 Å². The van der Waals surface area contributed by atoms with Crippen LogP contribution in [0.1, 0.15) is 70.2 Å². The normalized spacial score (nSPS) is 20.1. The molecule has 2 aromatic rings. The molecule has 1 aliphatic carbocycles.